The molecule has 0 aliphatic rings. The van der Waals surface area contributed by atoms with Crippen LogP contribution in [0, 0.1) is 0 Å². The maximum atomic E-state index is 12.1. The second kappa shape index (κ2) is 10.9. The van der Waals surface area contributed by atoms with Crippen LogP contribution in [0.2, 0.25) is 10.0 Å². The Bertz CT molecular complexity index is 991. The molecule has 29 heavy (non-hydrogen) atoms. The zero-order chi connectivity index (χ0) is 20.1. The number of nitrogens with one attached hydrogen (secondary N) is 3. The van der Waals surface area contributed by atoms with Crippen LogP contribution in [0.15, 0.2) is 29.2 Å². The van der Waals surface area contributed by atoms with Gasteiger partial charge in [-0.05, 0) is 31.8 Å². The number of hydrogen-bond acceptors (Lipinski definition) is 6. The number of benzene rings is 1. The van der Waals surface area contributed by atoms with E-state index in [0.29, 0.717) is 41.0 Å². The molecule has 0 fully saturated rings. The van der Waals surface area contributed by atoms with E-state index in [1.54, 1.807) is 12.3 Å². The summed E-state index contributed by atoms with van der Waals surface area (Å²) in [6, 6.07) is 5.47. The van der Waals surface area contributed by atoms with Crippen LogP contribution in [-0.4, -0.2) is 58.5 Å². The number of aromatic amines is 2. The smallest absolute Gasteiger partial charge is 0.279 e. The van der Waals surface area contributed by atoms with Gasteiger partial charge < -0.3 is 14.6 Å². The van der Waals surface area contributed by atoms with Crippen LogP contribution >= 0.6 is 35.6 Å². The number of H-pyrrole nitrogens is 2. The highest BCUT2D eigenvalue weighted by atomic mass is 35.5. The molecule has 3 aromatic rings. The third-order valence-corrected chi connectivity index (χ3v) is 4.84. The van der Waals surface area contributed by atoms with Gasteiger partial charge in [-0.15, -0.1) is 12.4 Å². The minimum atomic E-state index is -0.345. The van der Waals surface area contributed by atoms with Crippen LogP contribution in [0.3, 0.4) is 0 Å². The number of nitrogens with zero attached hydrogens (tertiary/aromatic N) is 3. The molecule has 0 saturated heterocycles. The average Bonchev–Trinajstić information content (AvgIpc) is 3.11. The fourth-order valence-corrected chi connectivity index (χ4v) is 2.94. The quantitative estimate of drug-likeness (QED) is 0.424. The number of halogens is 3. The predicted molar refractivity (Wildman–Crippen MR) is 117 cm³/mol. The number of ether oxygens (including phenoxy) is 1. The first kappa shape index (κ1) is 23.6. The van der Waals surface area contributed by atoms with Crippen LogP contribution in [0.4, 0.5) is 0 Å². The van der Waals surface area contributed by atoms with Gasteiger partial charge in [0, 0.05) is 25.7 Å². The summed E-state index contributed by atoms with van der Waals surface area (Å²) in [5.41, 5.74) is 1.51. The summed E-state index contributed by atoms with van der Waals surface area (Å²) in [6.07, 6.45) is 1.64. The van der Waals surface area contributed by atoms with E-state index in [2.05, 4.69) is 25.5 Å². The first-order chi connectivity index (χ1) is 13.4. The molecular formula is C18H23Cl3N6O2. The summed E-state index contributed by atoms with van der Waals surface area (Å²) < 4.78 is 5.97. The Morgan fingerprint density at radius 2 is 2.07 bits per heavy atom. The number of fused-ring (bicyclic) bond motifs is 1. The number of rotatable bonds is 9. The molecule has 8 nitrogen and oxygen atoms in total. The summed E-state index contributed by atoms with van der Waals surface area (Å²) in [4.78, 5) is 21.4. The van der Waals surface area contributed by atoms with Crippen molar-refractivity contribution >= 4 is 46.6 Å². The lowest BCUT2D eigenvalue weighted by molar-refractivity contribution is 0.0202. The first-order valence-electron chi connectivity index (χ1n) is 8.78. The summed E-state index contributed by atoms with van der Waals surface area (Å²) in [6.45, 7) is 1.83. The van der Waals surface area contributed by atoms with Gasteiger partial charge in [-0.3, -0.25) is 15.2 Å². The Balaban J connectivity index is 0.00000300. The van der Waals surface area contributed by atoms with Crippen molar-refractivity contribution in [2.45, 2.75) is 19.2 Å². The fourth-order valence-electron chi connectivity index (χ4n) is 2.62. The highest BCUT2D eigenvalue weighted by Crippen LogP contribution is 2.22. The first-order valence-corrected chi connectivity index (χ1v) is 9.54. The van der Waals surface area contributed by atoms with Crippen LogP contribution < -0.4 is 10.9 Å². The van der Waals surface area contributed by atoms with E-state index in [1.165, 1.54) is 0 Å². The molecule has 2 aromatic heterocycles. The summed E-state index contributed by atoms with van der Waals surface area (Å²) >= 11 is 12.1. The Hall–Kier alpha value is -1.68. The largest absolute Gasteiger partial charge is 0.362 e. The van der Waals surface area contributed by atoms with Gasteiger partial charge in [-0.25, -0.2) is 4.98 Å². The van der Waals surface area contributed by atoms with Gasteiger partial charge >= 0.3 is 0 Å². The van der Waals surface area contributed by atoms with Crippen molar-refractivity contribution in [2.75, 3.05) is 27.2 Å². The van der Waals surface area contributed by atoms with Gasteiger partial charge in [-0.2, -0.15) is 5.10 Å². The van der Waals surface area contributed by atoms with E-state index >= 15 is 0 Å². The molecule has 158 valence electrons. The van der Waals surface area contributed by atoms with Gasteiger partial charge in [-0.1, -0.05) is 29.3 Å². The molecule has 0 aliphatic heterocycles. The monoisotopic (exact) mass is 460 g/mol. The summed E-state index contributed by atoms with van der Waals surface area (Å²) in [7, 11) is 3.96. The zero-order valence-electron chi connectivity index (χ0n) is 16.0. The molecule has 0 bridgehead atoms. The number of aromatic nitrogens is 4. The van der Waals surface area contributed by atoms with Crippen molar-refractivity contribution in [1.29, 1.82) is 0 Å². The third kappa shape index (κ3) is 6.67. The topological polar surface area (TPSA) is 98.9 Å². The van der Waals surface area contributed by atoms with Crippen molar-refractivity contribution in [2.24, 2.45) is 0 Å². The second-order valence-electron chi connectivity index (χ2n) is 6.63. The average molecular weight is 462 g/mol. The van der Waals surface area contributed by atoms with E-state index in [1.807, 2.05) is 31.1 Å². The Kier molecular flexibility index (Phi) is 8.88. The van der Waals surface area contributed by atoms with Gasteiger partial charge in [0.2, 0.25) is 0 Å². The minimum absolute atomic E-state index is 0. The summed E-state index contributed by atoms with van der Waals surface area (Å²) in [5.74, 6) is 0.524. The summed E-state index contributed by atoms with van der Waals surface area (Å²) in [5, 5.41) is 10.9. The molecule has 0 saturated carbocycles. The zero-order valence-corrected chi connectivity index (χ0v) is 18.4. The Labute approximate surface area is 184 Å². The van der Waals surface area contributed by atoms with Crippen LogP contribution in [0.25, 0.3) is 11.0 Å². The highest BCUT2D eigenvalue weighted by molar-refractivity contribution is 6.42. The molecule has 0 radical (unpaired) electrons. The standard InChI is InChI=1S/C18H22Cl2N6O2.ClH/c1-26(2)5-6-28-16(21-9-11-3-4-12(19)13(20)7-11)8-15-23-14-10-22-25-17(14)18(27)24-15;/h3-4,7,10,16,21H,5-6,8-9H2,1-2H3,(H,22,25)(H,23,24,27);1H/t16-;/m0./s1. The van der Waals surface area contributed by atoms with Crippen molar-refractivity contribution in [3.05, 3.63) is 56.2 Å². The van der Waals surface area contributed by atoms with Gasteiger partial charge in [0.15, 0.2) is 5.52 Å². The van der Waals surface area contributed by atoms with Crippen molar-refractivity contribution < 1.29 is 4.74 Å². The van der Waals surface area contributed by atoms with Crippen molar-refractivity contribution in [1.82, 2.24) is 30.4 Å². The van der Waals surface area contributed by atoms with Gasteiger partial charge in [0.1, 0.15) is 17.6 Å². The van der Waals surface area contributed by atoms with E-state index in [0.717, 1.165) is 12.1 Å². The molecule has 3 N–H and O–H groups in total. The fraction of sp³-hybridized carbons (Fsp3) is 0.389. The van der Waals surface area contributed by atoms with Gasteiger partial charge in [0.25, 0.3) is 5.56 Å². The predicted octanol–water partition coefficient (Wildman–Crippen LogP) is 2.61. The molecule has 2 heterocycles. The van der Waals surface area contributed by atoms with Crippen LogP contribution in [0.1, 0.15) is 11.4 Å². The minimum Gasteiger partial charge on any atom is -0.362 e. The molecule has 1 aromatic carbocycles. The molecule has 0 aliphatic carbocycles. The highest BCUT2D eigenvalue weighted by Gasteiger charge is 2.14. The lowest BCUT2D eigenvalue weighted by atomic mass is 10.2. The molecule has 1 atom stereocenters. The Morgan fingerprint density at radius 3 is 2.79 bits per heavy atom. The Morgan fingerprint density at radius 1 is 1.28 bits per heavy atom. The molecular weight excluding hydrogens is 439 g/mol. The molecule has 0 amide bonds. The second-order valence-corrected chi connectivity index (χ2v) is 7.44. The normalized spacial score (nSPS) is 12.3. The maximum Gasteiger partial charge on any atom is 0.279 e. The molecule has 11 heteroatoms. The molecule has 0 unspecified atom stereocenters. The van der Waals surface area contributed by atoms with Gasteiger partial charge in [0.05, 0.1) is 16.7 Å². The lowest BCUT2D eigenvalue weighted by Crippen LogP contribution is -2.36. The van der Waals surface area contributed by atoms with E-state index in [9.17, 15) is 4.79 Å². The maximum absolute atomic E-state index is 12.1. The molecule has 3 rings (SSSR count). The number of hydrogen-bond donors (Lipinski definition) is 3. The van der Waals surface area contributed by atoms with E-state index < -0.39 is 0 Å². The van der Waals surface area contributed by atoms with Crippen LogP contribution in [0.5, 0.6) is 0 Å². The molecule has 0 spiro atoms. The van der Waals surface area contributed by atoms with Crippen molar-refractivity contribution in [3.8, 4) is 0 Å². The lowest BCUT2D eigenvalue weighted by Gasteiger charge is -2.20. The van der Waals surface area contributed by atoms with E-state index in [4.69, 9.17) is 27.9 Å². The SMILES string of the molecule is CN(C)CCO[C@@H](Cc1nc2c[nH]nc2c(=O)[nH]1)NCc1ccc(Cl)c(Cl)c1.Cl. The van der Waals surface area contributed by atoms with Crippen LogP contribution in [-0.2, 0) is 17.7 Å². The van der Waals surface area contributed by atoms with E-state index in [-0.39, 0.29) is 29.7 Å². The van der Waals surface area contributed by atoms with Crippen molar-refractivity contribution in [3.63, 3.8) is 0 Å². The third-order valence-electron chi connectivity index (χ3n) is 4.10. The number of likely N-dealkylation sites (N-methyl/N-ethyl adjacent to an activating group) is 1.